The molecule has 0 spiro atoms. The van der Waals surface area contributed by atoms with Crippen LogP contribution in [-0.4, -0.2) is 91.4 Å². The summed E-state index contributed by atoms with van der Waals surface area (Å²) in [5, 5.41) is 7.86. The topological polar surface area (TPSA) is 112 Å². The Bertz CT molecular complexity index is 1230. The van der Waals surface area contributed by atoms with Crippen LogP contribution in [0.3, 0.4) is 0 Å². The highest BCUT2D eigenvalue weighted by Gasteiger charge is 2.23. The molecule has 9 nitrogen and oxygen atoms in total. The molecule has 2 saturated heterocycles. The third kappa shape index (κ3) is 5.00. The number of carbonyl (C=O) groups excluding carboxylic acids is 1. The lowest BCUT2D eigenvalue weighted by atomic mass is 10.1. The van der Waals surface area contributed by atoms with Crippen molar-refractivity contribution in [3.05, 3.63) is 34.7 Å². The number of nitrogens with two attached hydrogens (primary N) is 1. The Labute approximate surface area is 209 Å². The predicted molar refractivity (Wildman–Crippen MR) is 141 cm³/mol. The first-order valence-corrected chi connectivity index (χ1v) is 12.8. The normalized spacial score (nSPS) is 17.2. The van der Waals surface area contributed by atoms with E-state index in [0.29, 0.717) is 43.1 Å². The van der Waals surface area contributed by atoms with Crippen LogP contribution in [0.2, 0.25) is 0 Å². The maximum Gasteiger partial charge on any atom is 0.223 e. The fraction of sp³-hybridized carbons (Fsp3) is 0.440. The first-order chi connectivity index (χ1) is 17.0. The van der Waals surface area contributed by atoms with E-state index in [1.807, 2.05) is 17.0 Å². The van der Waals surface area contributed by atoms with Crippen molar-refractivity contribution >= 4 is 45.2 Å². The summed E-state index contributed by atoms with van der Waals surface area (Å²) in [4.78, 5) is 30.2. The van der Waals surface area contributed by atoms with Crippen LogP contribution in [0.5, 0.6) is 0 Å². The summed E-state index contributed by atoms with van der Waals surface area (Å²) in [6.45, 7) is 6.28. The number of hydrogen-bond donors (Lipinski definition) is 2. The fourth-order valence-corrected chi connectivity index (χ4v) is 5.69. The van der Waals surface area contributed by atoms with Crippen LogP contribution in [0.25, 0.3) is 21.6 Å². The molecule has 35 heavy (non-hydrogen) atoms. The van der Waals surface area contributed by atoms with Crippen molar-refractivity contribution in [2.24, 2.45) is 0 Å². The van der Waals surface area contributed by atoms with Crippen molar-refractivity contribution in [3.8, 4) is 11.4 Å². The number of aryl methyl sites for hydroxylation is 1. The maximum absolute atomic E-state index is 12.8. The third-order valence-electron chi connectivity index (χ3n) is 6.68. The van der Waals surface area contributed by atoms with Gasteiger partial charge in [0.1, 0.15) is 0 Å². The van der Waals surface area contributed by atoms with Gasteiger partial charge in [0, 0.05) is 73.6 Å². The van der Waals surface area contributed by atoms with Gasteiger partial charge in [-0.05, 0) is 25.6 Å². The molecule has 0 radical (unpaired) electrons. The second-order valence-corrected chi connectivity index (χ2v) is 10.2. The highest BCUT2D eigenvalue weighted by molar-refractivity contribution is 7.19. The van der Waals surface area contributed by atoms with Crippen LogP contribution >= 0.6 is 11.3 Å². The van der Waals surface area contributed by atoms with Crippen molar-refractivity contribution in [2.45, 2.75) is 12.8 Å². The van der Waals surface area contributed by atoms with Gasteiger partial charge in [-0.15, -0.1) is 11.3 Å². The van der Waals surface area contributed by atoms with Crippen LogP contribution in [-0.2, 0) is 16.0 Å². The molecule has 0 unspecified atom stereocenters. The SMILES string of the molecule is CN1CCN(C(=O)CCc2cc3nc(-c4cccc(N)c4C=N)nc(N4CCOCC4)c3s2)CC1. The van der Waals surface area contributed by atoms with Gasteiger partial charge in [-0.2, -0.15) is 0 Å². The van der Waals surface area contributed by atoms with Gasteiger partial charge < -0.3 is 30.6 Å². The van der Waals surface area contributed by atoms with Crippen molar-refractivity contribution in [3.63, 3.8) is 0 Å². The summed E-state index contributed by atoms with van der Waals surface area (Å²) in [5.41, 5.74) is 8.89. The highest BCUT2D eigenvalue weighted by Crippen LogP contribution is 2.36. The number of nitrogens with one attached hydrogen (secondary N) is 1. The minimum Gasteiger partial charge on any atom is -0.398 e. The number of anilines is 2. The molecule has 0 saturated carbocycles. The van der Waals surface area contributed by atoms with Crippen molar-refractivity contribution in [1.82, 2.24) is 19.8 Å². The summed E-state index contributed by atoms with van der Waals surface area (Å²) >= 11 is 1.67. The number of nitrogens with zero attached hydrogens (tertiary/aromatic N) is 5. The van der Waals surface area contributed by atoms with E-state index < -0.39 is 0 Å². The average molecular weight is 494 g/mol. The van der Waals surface area contributed by atoms with E-state index in [2.05, 4.69) is 22.9 Å². The van der Waals surface area contributed by atoms with Crippen molar-refractivity contribution in [2.75, 3.05) is 70.2 Å². The quantitative estimate of drug-likeness (QED) is 0.401. The number of amides is 1. The maximum atomic E-state index is 12.8. The highest BCUT2D eigenvalue weighted by atomic mass is 32.1. The van der Waals surface area contributed by atoms with Gasteiger partial charge in [0.25, 0.3) is 0 Å². The minimum absolute atomic E-state index is 0.214. The molecule has 3 N–H and O–H groups in total. The van der Waals surface area contributed by atoms with Crippen molar-refractivity contribution in [1.29, 1.82) is 5.41 Å². The summed E-state index contributed by atoms with van der Waals surface area (Å²) < 4.78 is 6.59. The first-order valence-electron chi connectivity index (χ1n) is 12.0. The standard InChI is InChI=1S/C25H31N7O2S/c1-30-7-9-31(10-8-30)22(33)6-5-17-15-21-23(35-17)25(32-11-13-34-14-12-32)29-24(28-21)18-3-2-4-20(27)19(18)16-26/h2-4,15-16,26H,5-14,27H2,1H3. The number of piperazine rings is 1. The van der Waals surface area contributed by atoms with Crippen LogP contribution in [0, 0.1) is 5.41 Å². The molecule has 5 rings (SSSR count). The number of nitrogen functional groups attached to an aromatic ring is 1. The second-order valence-electron chi connectivity index (χ2n) is 9.03. The molecule has 2 aliphatic heterocycles. The minimum atomic E-state index is 0.214. The molecule has 4 heterocycles. The second kappa shape index (κ2) is 10.3. The number of aromatic nitrogens is 2. The number of ether oxygens (including phenoxy) is 1. The lowest BCUT2D eigenvalue weighted by Gasteiger charge is -2.32. The van der Waals surface area contributed by atoms with Gasteiger partial charge in [0.15, 0.2) is 11.6 Å². The molecule has 0 bridgehead atoms. The molecule has 1 amide bonds. The lowest BCUT2D eigenvalue weighted by molar-refractivity contribution is -0.132. The predicted octanol–water partition coefficient (Wildman–Crippen LogP) is 2.48. The van der Waals surface area contributed by atoms with E-state index in [9.17, 15) is 4.79 Å². The number of likely N-dealkylation sites (N-methyl/N-ethyl adjacent to an activating group) is 1. The van der Waals surface area contributed by atoms with Gasteiger partial charge in [-0.25, -0.2) is 9.97 Å². The Morgan fingerprint density at radius 3 is 2.69 bits per heavy atom. The zero-order chi connectivity index (χ0) is 24.4. The van der Waals surface area contributed by atoms with Gasteiger partial charge in [-0.3, -0.25) is 4.79 Å². The number of hydrogen-bond acceptors (Lipinski definition) is 9. The number of morpholine rings is 1. The molecule has 184 valence electrons. The molecular weight excluding hydrogens is 462 g/mol. The van der Waals surface area contributed by atoms with E-state index in [-0.39, 0.29) is 5.91 Å². The van der Waals surface area contributed by atoms with Gasteiger partial charge >= 0.3 is 0 Å². The summed E-state index contributed by atoms with van der Waals surface area (Å²) in [5.74, 6) is 1.65. The van der Waals surface area contributed by atoms with Crippen LogP contribution < -0.4 is 10.6 Å². The van der Waals surface area contributed by atoms with Crippen LogP contribution in [0.4, 0.5) is 11.5 Å². The fourth-order valence-electron chi connectivity index (χ4n) is 4.58. The molecule has 3 aromatic rings. The van der Waals surface area contributed by atoms with Gasteiger partial charge in [-0.1, -0.05) is 12.1 Å². The zero-order valence-electron chi connectivity index (χ0n) is 20.0. The Balaban J connectivity index is 1.46. The molecule has 2 aliphatic rings. The number of benzene rings is 1. The molecule has 0 aliphatic carbocycles. The smallest absolute Gasteiger partial charge is 0.223 e. The molecule has 1 aromatic carbocycles. The first kappa shape index (κ1) is 23.7. The average Bonchev–Trinajstić information content (AvgIpc) is 3.30. The molecule has 0 atom stereocenters. The summed E-state index contributed by atoms with van der Waals surface area (Å²) in [6, 6.07) is 7.64. The van der Waals surface area contributed by atoms with Gasteiger partial charge in [0.05, 0.1) is 23.4 Å². The third-order valence-corrected chi connectivity index (χ3v) is 7.86. The number of thiophene rings is 1. The largest absolute Gasteiger partial charge is 0.398 e. The summed E-state index contributed by atoms with van der Waals surface area (Å²) in [6.07, 6.45) is 2.45. The van der Waals surface area contributed by atoms with Crippen molar-refractivity contribution < 1.29 is 9.53 Å². The molecule has 2 fully saturated rings. The molecule has 10 heteroatoms. The Morgan fingerprint density at radius 2 is 1.94 bits per heavy atom. The Morgan fingerprint density at radius 1 is 1.17 bits per heavy atom. The summed E-state index contributed by atoms with van der Waals surface area (Å²) in [7, 11) is 2.09. The van der Waals surface area contributed by atoms with E-state index in [1.54, 1.807) is 17.4 Å². The monoisotopic (exact) mass is 493 g/mol. The molecule has 2 aromatic heterocycles. The Kier molecular flexibility index (Phi) is 6.94. The van der Waals surface area contributed by atoms with Gasteiger partial charge in [0.2, 0.25) is 5.91 Å². The lowest BCUT2D eigenvalue weighted by Crippen LogP contribution is -2.47. The van der Waals surface area contributed by atoms with E-state index in [4.69, 9.17) is 25.8 Å². The zero-order valence-corrected chi connectivity index (χ0v) is 20.8. The van der Waals surface area contributed by atoms with E-state index in [1.165, 1.54) is 6.21 Å². The van der Waals surface area contributed by atoms with E-state index in [0.717, 1.165) is 65.7 Å². The molecular formula is C25H31N7O2S. The van der Waals surface area contributed by atoms with Crippen LogP contribution in [0.15, 0.2) is 24.3 Å². The van der Waals surface area contributed by atoms with E-state index >= 15 is 0 Å². The Hall–Kier alpha value is -3.08. The van der Waals surface area contributed by atoms with Crippen LogP contribution in [0.1, 0.15) is 16.9 Å². The number of rotatable bonds is 6. The number of carbonyl (C=O) groups is 1. The number of fused-ring (bicyclic) bond motifs is 1.